The number of rotatable bonds is 5. The van der Waals surface area contributed by atoms with Gasteiger partial charge in [-0.3, -0.25) is 9.48 Å². The molecule has 23 heavy (non-hydrogen) atoms. The lowest BCUT2D eigenvalue weighted by Gasteiger charge is -2.21. The predicted octanol–water partition coefficient (Wildman–Crippen LogP) is 2.05. The molecule has 4 rings (SSSR count). The van der Waals surface area contributed by atoms with Gasteiger partial charge >= 0.3 is 0 Å². The quantitative estimate of drug-likeness (QED) is 0.847. The van der Waals surface area contributed by atoms with E-state index in [2.05, 4.69) is 5.10 Å². The molecule has 0 N–H and O–H groups in total. The van der Waals surface area contributed by atoms with E-state index in [0.29, 0.717) is 25.8 Å². The first-order valence-electron chi connectivity index (χ1n) is 8.17. The number of ether oxygens (including phenoxy) is 1. The van der Waals surface area contributed by atoms with Crippen LogP contribution < -0.4 is 0 Å². The number of aryl methyl sites for hydroxylation is 1. The normalized spacial score (nSPS) is 17.1. The highest BCUT2D eigenvalue weighted by atomic mass is 16.5. The highest BCUT2D eigenvalue weighted by Gasteiger charge is 2.33. The monoisotopic (exact) mass is 315 g/mol. The van der Waals surface area contributed by atoms with Crippen molar-refractivity contribution in [1.29, 1.82) is 0 Å². The molecule has 0 saturated heterocycles. The molecule has 0 aromatic carbocycles. The minimum atomic E-state index is 0.0994. The zero-order chi connectivity index (χ0) is 15.8. The summed E-state index contributed by atoms with van der Waals surface area (Å²) in [6, 6.07) is 4.23. The smallest absolute Gasteiger partial charge is 0.244 e. The van der Waals surface area contributed by atoms with Crippen molar-refractivity contribution < 1.29 is 13.9 Å². The standard InChI is InChI=1S/C17H21N3O3/c1-12-2-5-15(23-12)9-20(14-3-4-14)17(21)10-19-8-13-11-22-7-6-16(13)18-19/h2,5,8,14H,3-4,6-7,9-11H2,1H3. The third-order valence-electron chi connectivity index (χ3n) is 4.39. The molecule has 2 aromatic heterocycles. The lowest BCUT2D eigenvalue weighted by molar-refractivity contribution is -0.133. The molecule has 1 aliphatic carbocycles. The zero-order valence-corrected chi connectivity index (χ0v) is 13.3. The van der Waals surface area contributed by atoms with Gasteiger partial charge in [-0.2, -0.15) is 5.10 Å². The third-order valence-corrected chi connectivity index (χ3v) is 4.39. The summed E-state index contributed by atoms with van der Waals surface area (Å²) >= 11 is 0. The third kappa shape index (κ3) is 3.17. The number of aromatic nitrogens is 2. The van der Waals surface area contributed by atoms with Gasteiger partial charge in [-0.25, -0.2) is 0 Å². The van der Waals surface area contributed by atoms with E-state index in [0.717, 1.165) is 42.0 Å². The average Bonchev–Trinajstić information content (AvgIpc) is 3.16. The molecule has 0 unspecified atom stereocenters. The van der Waals surface area contributed by atoms with Crippen molar-refractivity contribution in [3.63, 3.8) is 0 Å². The van der Waals surface area contributed by atoms with Crippen molar-refractivity contribution in [3.8, 4) is 0 Å². The van der Waals surface area contributed by atoms with Crippen LogP contribution in [0, 0.1) is 6.92 Å². The van der Waals surface area contributed by atoms with E-state index in [1.165, 1.54) is 0 Å². The molecule has 0 spiro atoms. The van der Waals surface area contributed by atoms with E-state index < -0.39 is 0 Å². The molecule has 122 valence electrons. The highest BCUT2D eigenvalue weighted by molar-refractivity contribution is 5.76. The zero-order valence-electron chi connectivity index (χ0n) is 13.3. The Bertz CT molecular complexity index is 691. The maximum Gasteiger partial charge on any atom is 0.244 e. The predicted molar refractivity (Wildman–Crippen MR) is 82.6 cm³/mol. The Morgan fingerprint density at radius 3 is 3.00 bits per heavy atom. The van der Waals surface area contributed by atoms with Crippen LogP contribution in [0.25, 0.3) is 0 Å². The molecule has 3 heterocycles. The topological polar surface area (TPSA) is 60.5 Å². The number of nitrogens with zero attached hydrogens (tertiary/aromatic N) is 3. The van der Waals surface area contributed by atoms with Crippen molar-refractivity contribution in [2.24, 2.45) is 0 Å². The van der Waals surface area contributed by atoms with Gasteiger partial charge in [0.2, 0.25) is 5.91 Å². The van der Waals surface area contributed by atoms with E-state index in [1.54, 1.807) is 4.68 Å². The fraction of sp³-hybridized carbons (Fsp3) is 0.529. The van der Waals surface area contributed by atoms with Crippen molar-refractivity contribution in [1.82, 2.24) is 14.7 Å². The summed E-state index contributed by atoms with van der Waals surface area (Å²) in [5.74, 6) is 1.82. The van der Waals surface area contributed by atoms with Crippen molar-refractivity contribution in [2.45, 2.75) is 51.9 Å². The molecule has 1 saturated carbocycles. The largest absolute Gasteiger partial charge is 0.464 e. The first-order valence-corrected chi connectivity index (χ1v) is 8.17. The summed E-state index contributed by atoms with van der Waals surface area (Å²) in [4.78, 5) is 14.6. The van der Waals surface area contributed by atoms with Crippen LogP contribution >= 0.6 is 0 Å². The number of fused-ring (bicyclic) bond motifs is 1. The number of carbonyl (C=O) groups is 1. The van der Waals surface area contributed by atoms with E-state index in [4.69, 9.17) is 9.15 Å². The second-order valence-corrected chi connectivity index (χ2v) is 6.37. The maximum atomic E-state index is 12.7. The minimum absolute atomic E-state index is 0.0994. The number of hydrogen-bond acceptors (Lipinski definition) is 4. The molecular formula is C17H21N3O3. The van der Waals surface area contributed by atoms with E-state index >= 15 is 0 Å². The number of furan rings is 1. The summed E-state index contributed by atoms with van der Waals surface area (Å²) in [6.07, 6.45) is 4.92. The van der Waals surface area contributed by atoms with Gasteiger partial charge < -0.3 is 14.1 Å². The van der Waals surface area contributed by atoms with Crippen LogP contribution in [0.1, 0.15) is 35.6 Å². The summed E-state index contributed by atoms with van der Waals surface area (Å²) in [7, 11) is 0. The number of amides is 1. The van der Waals surface area contributed by atoms with E-state index in [1.807, 2.05) is 30.2 Å². The van der Waals surface area contributed by atoms with Crippen molar-refractivity contribution >= 4 is 5.91 Å². The van der Waals surface area contributed by atoms with Gasteiger partial charge in [0.1, 0.15) is 18.1 Å². The summed E-state index contributed by atoms with van der Waals surface area (Å²) in [6.45, 7) is 4.05. The molecule has 6 heteroatoms. The van der Waals surface area contributed by atoms with Crippen LogP contribution in [0.5, 0.6) is 0 Å². The summed E-state index contributed by atoms with van der Waals surface area (Å²) < 4.78 is 12.8. The van der Waals surface area contributed by atoms with Gasteiger partial charge in [-0.1, -0.05) is 0 Å². The molecular weight excluding hydrogens is 294 g/mol. The molecule has 2 aliphatic rings. The van der Waals surface area contributed by atoms with Gasteiger partial charge in [0.05, 0.1) is 25.5 Å². The second-order valence-electron chi connectivity index (χ2n) is 6.37. The highest BCUT2D eigenvalue weighted by Crippen LogP contribution is 2.29. The molecule has 2 aromatic rings. The first-order chi connectivity index (χ1) is 11.2. The van der Waals surface area contributed by atoms with Crippen LogP contribution in [-0.4, -0.2) is 33.2 Å². The summed E-state index contributed by atoms with van der Waals surface area (Å²) in [5, 5.41) is 4.53. The Kier molecular flexibility index (Phi) is 3.69. The Labute approximate surface area is 135 Å². The van der Waals surface area contributed by atoms with Crippen molar-refractivity contribution in [3.05, 3.63) is 41.1 Å². The maximum absolute atomic E-state index is 12.7. The molecule has 0 bridgehead atoms. The van der Waals surface area contributed by atoms with Crippen LogP contribution in [-0.2, 0) is 35.6 Å². The van der Waals surface area contributed by atoms with E-state index in [9.17, 15) is 4.79 Å². The Hall–Kier alpha value is -2.08. The Morgan fingerprint density at radius 2 is 2.30 bits per heavy atom. The molecule has 1 aliphatic heterocycles. The second kappa shape index (κ2) is 5.85. The van der Waals surface area contributed by atoms with Gasteiger partial charge in [0.25, 0.3) is 0 Å². The molecule has 0 atom stereocenters. The van der Waals surface area contributed by atoms with Crippen LogP contribution in [0.3, 0.4) is 0 Å². The Morgan fingerprint density at radius 1 is 1.43 bits per heavy atom. The van der Waals surface area contributed by atoms with Crippen molar-refractivity contribution in [2.75, 3.05) is 6.61 Å². The summed E-state index contributed by atoms with van der Waals surface area (Å²) in [5.41, 5.74) is 2.16. The Balaban J connectivity index is 1.46. The van der Waals surface area contributed by atoms with Gasteiger partial charge in [-0.15, -0.1) is 0 Å². The van der Waals surface area contributed by atoms with Crippen LogP contribution in [0.4, 0.5) is 0 Å². The fourth-order valence-corrected chi connectivity index (χ4v) is 3.04. The molecule has 1 amide bonds. The van der Waals surface area contributed by atoms with Gasteiger partial charge in [0.15, 0.2) is 0 Å². The van der Waals surface area contributed by atoms with Crippen LogP contribution in [0.15, 0.2) is 22.7 Å². The SMILES string of the molecule is Cc1ccc(CN(C(=O)Cn2cc3c(n2)CCOC3)C2CC2)o1. The van der Waals surface area contributed by atoms with E-state index in [-0.39, 0.29) is 12.5 Å². The molecule has 0 radical (unpaired) electrons. The molecule has 1 fully saturated rings. The number of carbonyl (C=O) groups excluding carboxylic acids is 1. The lowest BCUT2D eigenvalue weighted by atomic mass is 10.2. The van der Waals surface area contributed by atoms with Crippen LogP contribution in [0.2, 0.25) is 0 Å². The first kappa shape index (κ1) is 14.5. The van der Waals surface area contributed by atoms with Gasteiger partial charge in [0, 0.05) is 24.2 Å². The van der Waals surface area contributed by atoms with Gasteiger partial charge in [-0.05, 0) is 31.9 Å². The molecule has 6 nitrogen and oxygen atoms in total. The average molecular weight is 315 g/mol. The number of hydrogen-bond donors (Lipinski definition) is 0. The minimum Gasteiger partial charge on any atom is -0.464 e. The fourth-order valence-electron chi connectivity index (χ4n) is 3.04. The lowest BCUT2D eigenvalue weighted by Crippen LogP contribution is -2.35.